The van der Waals surface area contributed by atoms with Crippen molar-refractivity contribution in [1.29, 1.82) is 0 Å². The third-order valence-corrected chi connectivity index (χ3v) is 3.44. The fourth-order valence-corrected chi connectivity index (χ4v) is 2.37. The summed E-state index contributed by atoms with van der Waals surface area (Å²) in [6.45, 7) is 6.27. The highest BCUT2D eigenvalue weighted by Crippen LogP contribution is 2.26. The van der Waals surface area contributed by atoms with Crippen LogP contribution in [0.25, 0.3) is 11.4 Å². The molecule has 2 rings (SSSR count). The number of anilines is 1. The molecule has 0 aromatic carbocycles. The predicted octanol–water partition coefficient (Wildman–Crippen LogP) is 2.92. The van der Waals surface area contributed by atoms with Crippen molar-refractivity contribution in [1.82, 2.24) is 9.97 Å². The minimum absolute atomic E-state index is 0.350. The van der Waals surface area contributed by atoms with Crippen LogP contribution in [0.15, 0.2) is 16.8 Å². The van der Waals surface area contributed by atoms with Crippen molar-refractivity contribution in [2.24, 2.45) is 5.84 Å². The van der Waals surface area contributed by atoms with Crippen LogP contribution in [-0.4, -0.2) is 9.97 Å². The molecule has 2 aromatic rings. The fraction of sp³-hybridized carbons (Fsp3) is 0.333. The van der Waals surface area contributed by atoms with Crippen molar-refractivity contribution in [2.45, 2.75) is 26.7 Å². The van der Waals surface area contributed by atoms with Gasteiger partial charge < -0.3 is 5.43 Å². The van der Waals surface area contributed by atoms with E-state index in [1.54, 1.807) is 11.3 Å². The van der Waals surface area contributed by atoms with Gasteiger partial charge in [-0.3, -0.25) is 0 Å². The van der Waals surface area contributed by atoms with E-state index in [1.165, 1.54) is 5.56 Å². The monoisotopic (exact) mass is 248 g/mol. The van der Waals surface area contributed by atoms with E-state index in [1.807, 2.05) is 6.07 Å². The smallest absolute Gasteiger partial charge is 0.162 e. The summed E-state index contributed by atoms with van der Waals surface area (Å²) in [6, 6.07) is 1.88. The number of aryl methyl sites for hydroxylation is 1. The molecule has 0 saturated carbocycles. The van der Waals surface area contributed by atoms with Gasteiger partial charge in [0.15, 0.2) is 5.82 Å². The Hall–Kier alpha value is -1.46. The van der Waals surface area contributed by atoms with Crippen molar-refractivity contribution in [2.75, 3.05) is 5.43 Å². The van der Waals surface area contributed by atoms with Gasteiger partial charge in [0.2, 0.25) is 0 Å². The quantitative estimate of drug-likeness (QED) is 0.647. The number of rotatable bonds is 3. The average molecular weight is 248 g/mol. The molecule has 90 valence electrons. The molecule has 0 amide bonds. The molecule has 0 radical (unpaired) electrons. The molecule has 0 atom stereocenters. The summed E-state index contributed by atoms with van der Waals surface area (Å²) in [5.74, 6) is 7.19. The first-order valence-corrected chi connectivity index (χ1v) is 6.45. The lowest BCUT2D eigenvalue weighted by molar-refractivity contribution is 0.817. The molecular formula is C12H16N4S. The summed E-state index contributed by atoms with van der Waals surface area (Å²) < 4.78 is 0. The standard InChI is InChI=1S/C12H16N4S/c1-7(2)10-4-11(16-13)15-12(14-10)9-6-17-5-8(9)3/h4-7H,13H2,1-3H3,(H,14,15,16). The SMILES string of the molecule is Cc1cscc1-c1nc(NN)cc(C(C)C)n1. The molecule has 0 saturated heterocycles. The zero-order chi connectivity index (χ0) is 12.4. The maximum atomic E-state index is 5.44. The molecule has 17 heavy (non-hydrogen) atoms. The second-order valence-corrected chi connectivity index (χ2v) is 5.01. The largest absolute Gasteiger partial charge is 0.308 e. The van der Waals surface area contributed by atoms with Crippen LogP contribution in [0.4, 0.5) is 5.82 Å². The predicted molar refractivity (Wildman–Crippen MR) is 72.0 cm³/mol. The van der Waals surface area contributed by atoms with Crippen LogP contribution >= 0.6 is 11.3 Å². The number of hydrazine groups is 1. The average Bonchev–Trinajstić information content (AvgIpc) is 2.74. The molecule has 0 bridgehead atoms. The number of nitrogens with two attached hydrogens (primary N) is 1. The number of hydrogen-bond acceptors (Lipinski definition) is 5. The lowest BCUT2D eigenvalue weighted by Gasteiger charge is -2.09. The van der Waals surface area contributed by atoms with E-state index >= 15 is 0 Å². The zero-order valence-corrected chi connectivity index (χ0v) is 11.0. The summed E-state index contributed by atoms with van der Waals surface area (Å²) in [5, 5.41) is 4.16. The van der Waals surface area contributed by atoms with Crippen molar-refractivity contribution in [3.8, 4) is 11.4 Å². The Labute approximate surface area is 105 Å². The van der Waals surface area contributed by atoms with Gasteiger partial charge in [0, 0.05) is 22.7 Å². The van der Waals surface area contributed by atoms with Gasteiger partial charge in [-0.1, -0.05) is 13.8 Å². The van der Waals surface area contributed by atoms with E-state index in [9.17, 15) is 0 Å². The maximum absolute atomic E-state index is 5.44. The first-order chi connectivity index (χ1) is 8.11. The number of nitrogen functional groups attached to an aromatic ring is 1. The highest BCUT2D eigenvalue weighted by molar-refractivity contribution is 7.08. The second kappa shape index (κ2) is 4.81. The van der Waals surface area contributed by atoms with Gasteiger partial charge in [0.1, 0.15) is 5.82 Å². The topological polar surface area (TPSA) is 63.8 Å². The van der Waals surface area contributed by atoms with Gasteiger partial charge in [0.05, 0.1) is 0 Å². The minimum atomic E-state index is 0.350. The molecule has 5 heteroatoms. The molecule has 0 unspecified atom stereocenters. The second-order valence-electron chi connectivity index (χ2n) is 4.27. The summed E-state index contributed by atoms with van der Waals surface area (Å²) >= 11 is 1.66. The number of nitrogens with one attached hydrogen (secondary N) is 1. The van der Waals surface area contributed by atoms with E-state index in [4.69, 9.17) is 5.84 Å². The van der Waals surface area contributed by atoms with E-state index in [2.05, 4.69) is 46.9 Å². The van der Waals surface area contributed by atoms with Gasteiger partial charge in [-0.05, 0) is 23.8 Å². The van der Waals surface area contributed by atoms with Gasteiger partial charge in [0.25, 0.3) is 0 Å². The molecular weight excluding hydrogens is 232 g/mol. The number of aromatic nitrogens is 2. The number of thiophene rings is 1. The number of hydrogen-bond donors (Lipinski definition) is 2. The van der Waals surface area contributed by atoms with Gasteiger partial charge in [-0.2, -0.15) is 11.3 Å². The molecule has 0 aliphatic heterocycles. The Kier molecular flexibility index (Phi) is 3.40. The van der Waals surface area contributed by atoms with E-state index < -0.39 is 0 Å². The van der Waals surface area contributed by atoms with Crippen molar-refractivity contribution in [3.63, 3.8) is 0 Å². The Morgan fingerprint density at radius 1 is 1.29 bits per heavy atom. The van der Waals surface area contributed by atoms with Crippen molar-refractivity contribution in [3.05, 3.63) is 28.1 Å². The van der Waals surface area contributed by atoms with Crippen LogP contribution in [0, 0.1) is 6.92 Å². The minimum Gasteiger partial charge on any atom is -0.308 e. The van der Waals surface area contributed by atoms with Crippen LogP contribution < -0.4 is 11.3 Å². The lowest BCUT2D eigenvalue weighted by Crippen LogP contribution is -2.11. The van der Waals surface area contributed by atoms with E-state index in [0.717, 1.165) is 17.1 Å². The first-order valence-electron chi connectivity index (χ1n) is 5.50. The maximum Gasteiger partial charge on any atom is 0.162 e. The van der Waals surface area contributed by atoms with E-state index in [0.29, 0.717) is 11.7 Å². The highest BCUT2D eigenvalue weighted by Gasteiger charge is 2.11. The van der Waals surface area contributed by atoms with Crippen LogP contribution in [0.2, 0.25) is 0 Å². The number of nitrogens with zero attached hydrogens (tertiary/aromatic N) is 2. The highest BCUT2D eigenvalue weighted by atomic mass is 32.1. The summed E-state index contributed by atoms with van der Waals surface area (Å²) in [7, 11) is 0. The van der Waals surface area contributed by atoms with Crippen LogP contribution in [0.1, 0.15) is 31.0 Å². The summed E-state index contributed by atoms with van der Waals surface area (Å²) in [5.41, 5.74) is 5.86. The molecule has 3 N–H and O–H groups in total. The molecule has 0 aliphatic carbocycles. The van der Waals surface area contributed by atoms with Crippen LogP contribution in [0.3, 0.4) is 0 Å². The van der Waals surface area contributed by atoms with Gasteiger partial charge in [-0.15, -0.1) is 0 Å². The Morgan fingerprint density at radius 3 is 2.59 bits per heavy atom. The molecule has 0 aliphatic rings. The van der Waals surface area contributed by atoms with Crippen LogP contribution in [0.5, 0.6) is 0 Å². The lowest BCUT2D eigenvalue weighted by atomic mass is 10.1. The Bertz CT molecular complexity index is 519. The van der Waals surface area contributed by atoms with Gasteiger partial charge >= 0.3 is 0 Å². The molecule has 0 spiro atoms. The van der Waals surface area contributed by atoms with Crippen LogP contribution in [-0.2, 0) is 0 Å². The van der Waals surface area contributed by atoms with Crippen molar-refractivity contribution < 1.29 is 0 Å². The van der Waals surface area contributed by atoms with Crippen molar-refractivity contribution >= 4 is 17.2 Å². The fourth-order valence-electron chi connectivity index (χ4n) is 1.55. The molecule has 2 heterocycles. The third kappa shape index (κ3) is 2.45. The van der Waals surface area contributed by atoms with Gasteiger partial charge in [-0.25, -0.2) is 15.8 Å². The first kappa shape index (κ1) is 12.0. The third-order valence-electron chi connectivity index (χ3n) is 2.58. The summed E-state index contributed by atoms with van der Waals surface area (Å²) in [4.78, 5) is 8.98. The zero-order valence-electron chi connectivity index (χ0n) is 10.2. The Morgan fingerprint density at radius 2 is 2.06 bits per heavy atom. The van der Waals surface area contributed by atoms with E-state index in [-0.39, 0.29) is 0 Å². The Balaban J connectivity index is 2.54. The summed E-state index contributed by atoms with van der Waals surface area (Å²) in [6.07, 6.45) is 0. The molecule has 2 aromatic heterocycles. The normalized spacial score (nSPS) is 10.9. The molecule has 0 fully saturated rings. The molecule has 4 nitrogen and oxygen atoms in total.